The van der Waals surface area contributed by atoms with Crippen LogP contribution in [-0.2, 0) is 6.42 Å². The van der Waals surface area contributed by atoms with Crippen molar-refractivity contribution in [2.24, 2.45) is 0 Å². The van der Waals surface area contributed by atoms with Gasteiger partial charge in [-0.2, -0.15) is 0 Å². The van der Waals surface area contributed by atoms with Gasteiger partial charge in [0.2, 0.25) is 0 Å². The molecule has 0 aliphatic carbocycles. The molecule has 0 amide bonds. The molecule has 4 aromatic rings. The number of rotatable bonds is 5. The molecule has 0 bridgehead atoms. The monoisotopic (exact) mass is 370 g/mol. The Kier molecular flexibility index (Phi) is 4.60. The second-order valence-electron chi connectivity index (χ2n) is 6.41. The fraction of sp³-hybridized carbons (Fsp3) is 0.0455. The molecule has 4 N–H and O–H groups in total. The normalized spacial score (nSPS) is 10.7. The summed E-state index contributed by atoms with van der Waals surface area (Å²) in [5.41, 5.74) is 8.03. The second kappa shape index (κ2) is 7.36. The molecule has 2 aromatic heterocycles. The van der Waals surface area contributed by atoms with Crippen molar-refractivity contribution < 1.29 is 4.79 Å². The summed E-state index contributed by atoms with van der Waals surface area (Å²) in [6.07, 6.45) is 1.38. The van der Waals surface area contributed by atoms with Gasteiger partial charge in [-0.1, -0.05) is 30.3 Å². The number of Topliss-reactive ketones (excluding diaryl/α,β-unsaturated/α-hetero) is 1. The van der Waals surface area contributed by atoms with Gasteiger partial charge in [0.25, 0.3) is 5.56 Å². The van der Waals surface area contributed by atoms with Gasteiger partial charge in [0.05, 0.1) is 5.52 Å². The Labute approximate surface area is 161 Å². The van der Waals surface area contributed by atoms with Crippen molar-refractivity contribution in [1.82, 2.24) is 9.97 Å². The van der Waals surface area contributed by atoms with Crippen LogP contribution in [0.5, 0.6) is 0 Å². The van der Waals surface area contributed by atoms with Gasteiger partial charge in [-0.3, -0.25) is 9.59 Å². The predicted octanol–water partition coefficient (Wildman–Crippen LogP) is 3.67. The Morgan fingerprint density at radius 2 is 1.82 bits per heavy atom. The molecule has 2 heterocycles. The van der Waals surface area contributed by atoms with Gasteiger partial charge in [0.15, 0.2) is 5.78 Å². The Hall–Kier alpha value is -3.93. The minimum atomic E-state index is -0.354. The van der Waals surface area contributed by atoms with E-state index in [0.29, 0.717) is 22.6 Å². The number of ketones is 1. The molecule has 138 valence electrons. The van der Waals surface area contributed by atoms with Crippen molar-refractivity contribution in [1.29, 1.82) is 0 Å². The summed E-state index contributed by atoms with van der Waals surface area (Å²) in [7, 11) is 0. The summed E-state index contributed by atoms with van der Waals surface area (Å²) in [5, 5.41) is 4.08. The number of anilines is 3. The van der Waals surface area contributed by atoms with Crippen LogP contribution in [0.3, 0.4) is 0 Å². The fourth-order valence-corrected chi connectivity index (χ4v) is 3.08. The molecule has 6 heteroatoms. The van der Waals surface area contributed by atoms with E-state index in [1.54, 1.807) is 18.2 Å². The number of hydrogen-bond acceptors (Lipinski definition) is 5. The van der Waals surface area contributed by atoms with Crippen LogP contribution in [-0.4, -0.2) is 15.8 Å². The first-order valence-corrected chi connectivity index (χ1v) is 8.83. The number of nitrogen functional groups attached to an aromatic ring is 1. The summed E-state index contributed by atoms with van der Waals surface area (Å²) in [5.74, 6) is 0.425. The lowest BCUT2D eigenvalue weighted by Gasteiger charge is -2.10. The molecular weight excluding hydrogens is 352 g/mol. The van der Waals surface area contributed by atoms with E-state index in [2.05, 4.69) is 15.3 Å². The van der Waals surface area contributed by atoms with Crippen LogP contribution in [0.15, 0.2) is 77.7 Å². The van der Waals surface area contributed by atoms with E-state index in [9.17, 15) is 9.59 Å². The first-order valence-electron chi connectivity index (χ1n) is 8.83. The molecule has 0 radical (unpaired) electrons. The number of carbonyl (C=O) groups excluding carboxylic acids is 1. The Balaban J connectivity index is 1.71. The molecule has 6 nitrogen and oxygen atoms in total. The maximum atomic E-state index is 12.9. The topological polar surface area (TPSA) is 101 Å². The molecule has 0 fully saturated rings. The first-order chi connectivity index (χ1) is 13.6. The molecule has 28 heavy (non-hydrogen) atoms. The standard InChI is InChI=1S/C22H18N4O2/c23-18-11-12-24-22(28)17(18)13-19(27)16-8-4-5-14-9-10-20(26-21(14)16)25-15-6-2-1-3-7-15/h1-12H,13H2,(H,25,26)(H3,23,24,28). The number of aromatic amines is 1. The smallest absolute Gasteiger partial charge is 0.253 e. The van der Waals surface area contributed by atoms with Gasteiger partial charge in [0.1, 0.15) is 5.82 Å². The molecule has 0 aliphatic heterocycles. The van der Waals surface area contributed by atoms with Crippen LogP contribution in [0.25, 0.3) is 10.9 Å². The number of aromatic nitrogens is 2. The van der Waals surface area contributed by atoms with Gasteiger partial charge < -0.3 is 16.0 Å². The number of fused-ring (bicyclic) bond motifs is 1. The molecule has 4 rings (SSSR count). The first kappa shape index (κ1) is 17.5. The van der Waals surface area contributed by atoms with Gasteiger partial charge >= 0.3 is 0 Å². The minimum Gasteiger partial charge on any atom is -0.398 e. The van der Waals surface area contributed by atoms with E-state index in [0.717, 1.165) is 11.1 Å². The van der Waals surface area contributed by atoms with Crippen LogP contribution in [0, 0.1) is 0 Å². The van der Waals surface area contributed by atoms with Crippen molar-refractivity contribution in [2.45, 2.75) is 6.42 Å². The third-order valence-electron chi connectivity index (χ3n) is 4.50. The number of hydrogen-bond donors (Lipinski definition) is 3. The van der Waals surface area contributed by atoms with Crippen LogP contribution in [0.2, 0.25) is 0 Å². The number of carbonyl (C=O) groups is 1. The van der Waals surface area contributed by atoms with Crippen LogP contribution >= 0.6 is 0 Å². The van der Waals surface area contributed by atoms with Gasteiger partial charge in [0, 0.05) is 40.5 Å². The second-order valence-corrected chi connectivity index (χ2v) is 6.41. The van der Waals surface area contributed by atoms with Gasteiger partial charge in [-0.05, 0) is 36.4 Å². The largest absolute Gasteiger partial charge is 0.398 e. The van der Waals surface area contributed by atoms with E-state index < -0.39 is 0 Å². The lowest BCUT2D eigenvalue weighted by Crippen LogP contribution is -2.18. The zero-order valence-corrected chi connectivity index (χ0v) is 15.0. The Morgan fingerprint density at radius 3 is 2.61 bits per heavy atom. The van der Waals surface area contributed by atoms with Crippen LogP contribution < -0.4 is 16.6 Å². The van der Waals surface area contributed by atoms with E-state index in [1.807, 2.05) is 48.5 Å². The van der Waals surface area contributed by atoms with Crippen molar-refractivity contribution in [3.63, 3.8) is 0 Å². The average Bonchev–Trinajstić information content (AvgIpc) is 2.71. The van der Waals surface area contributed by atoms with E-state index in [1.165, 1.54) is 6.20 Å². The number of nitrogens with zero attached hydrogens (tertiary/aromatic N) is 1. The van der Waals surface area contributed by atoms with Crippen molar-refractivity contribution >= 4 is 33.9 Å². The maximum Gasteiger partial charge on any atom is 0.253 e. The zero-order valence-electron chi connectivity index (χ0n) is 15.0. The zero-order chi connectivity index (χ0) is 19.5. The van der Waals surface area contributed by atoms with Crippen molar-refractivity contribution in [3.8, 4) is 0 Å². The highest BCUT2D eigenvalue weighted by atomic mass is 16.1. The molecular formula is C22H18N4O2. The van der Waals surface area contributed by atoms with Crippen molar-refractivity contribution in [2.75, 3.05) is 11.1 Å². The minimum absolute atomic E-state index is 0.0842. The quantitative estimate of drug-likeness (QED) is 0.465. The highest BCUT2D eigenvalue weighted by Crippen LogP contribution is 2.23. The lowest BCUT2D eigenvalue weighted by molar-refractivity contribution is 0.0994. The van der Waals surface area contributed by atoms with E-state index >= 15 is 0 Å². The van der Waals surface area contributed by atoms with E-state index in [-0.39, 0.29) is 23.3 Å². The maximum absolute atomic E-state index is 12.9. The number of nitrogens with two attached hydrogens (primary N) is 1. The predicted molar refractivity (Wildman–Crippen MR) is 111 cm³/mol. The summed E-state index contributed by atoms with van der Waals surface area (Å²) >= 11 is 0. The van der Waals surface area contributed by atoms with Crippen LogP contribution in [0.1, 0.15) is 15.9 Å². The molecule has 0 saturated carbocycles. The Morgan fingerprint density at radius 1 is 1.00 bits per heavy atom. The third kappa shape index (κ3) is 3.48. The number of benzene rings is 2. The number of para-hydroxylation sites is 2. The molecule has 2 aromatic carbocycles. The molecule has 0 unspecified atom stereocenters. The molecule has 0 spiro atoms. The molecule has 0 aliphatic rings. The summed E-state index contributed by atoms with van der Waals surface area (Å²) in [6, 6.07) is 20.4. The lowest BCUT2D eigenvalue weighted by atomic mass is 10.0. The van der Waals surface area contributed by atoms with Crippen LogP contribution in [0.4, 0.5) is 17.2 Å². The summed E-state index contributed by atoms with van der Waals surface area (Å²) in [6.45, 7) is 0. The summed E-state index contributed by atoms with van der Waals surface area (Å²) in [4.78, 5) is 32.1. The van der Waals surface area contributed by atoms with Crippen molar-refractivity contribution in [3.05, 3.63) is 94.4 Å². The number of H-pyrrole nitrogens is 1. The average molecular weight is 370 g/mol. The highest BCUT2D eigenvalue weighted by molar-refractivity contribution is 6.08. The molecule has 0 atom stereocenters. The fourth-order valence-electron chi connectivity index (χ4n) is 3.08. The molecule has 0 saturated heterocycles. The number of pyridine rings is 2. The third-order valence-corrected chi connectivity index (χ3v) is 4.50. The number of nitrogens with one attached hydrogen (secondary N) is 2. The Bertz CT molecular complexity index is 1220. The highest BCUT2D eigenvalue weighted by Gasteiger charge is 2.16. The van der Waals surface area contributed by atoms with Gasteiger partial charge in [-0.25, -0.2) is 4.98 Å². The SMILES string of the molecule is Nc1cc[nH]c(=O)c1CC(=O)c1cccc2ccc(Nc3ccccc3)nc12. The van der Waals surface area contributed by atoms with Gasteiger partial charge in [-0.15, -0.1) is 0 Å². The summed E-state index contributed by atoms with van der Waals surface area (Å²) < 4.78 is 0. The van der Waals surface area contributed by atoms with E-state index in [4.69, 9.17) is 5.73 Å².